The first-order valence-electron chi connectivity index (χ1n) is 21.2. The molecule has 0 unspecified atom stereocenters. The average Bonchev–Trinajstić information content (AvgIpc) is 3.86. The van der Waals surface area contributed by atoms with Crippen LogP contribution in [-0.2, 0) is 5.41 Å². The Hall–Kier alpha value is -7.72. The molecule has 0 saturated heterocycles. The summed E-state index contributed by atoms with van der Waals surface area (Å²) in [4.78, 5) is 2.46. The van der Waals surface area contributed by atoms with Gasteiger partial charge in [0.15, 0.2) is 0 Å². The largest absolute Gasteiger partial charge is 0.457 e. The zero-order valence-electron chi connectivity index (χ0n) is 33.6. The van der Waals surface area contributed by atoms with E-state index in [2.05, 4.69) is 229 Å². The lowest BCUT2D eigenvalue weighted by Crippen LogP contribution is -2.32. The second-order valence-electron chi connectivity index (χ2n) is 16.4. The van der Waals surface area contributed by atoms with Crippen LogP contribution in [-0.4, -0.2) is 0 Å². The zero-order chi connectivity index (χ0) is 40.8. The van der Waals surface area contributed by atoms with Gasteiger partial charge in [0.05, 0.1) is 11.1 Å². The maximum absolute atomic E-state index is 6.64. The van der Waals surface area contributed by atoms with Gasteiger partial charge in [-0.15, -0.1) is 11.3 Å². The first kappa shape index (κ1) is 35.1. The Balaban J connectivity index is 1.02. The van der Waals surface area contributed by atoms with Gasteiger partial charge in [0, 0.05) is 48.1 Å². The van der Waals surface area contributed by atoms with Crippen molar-refractivity contribution in [2.24, 2.45) is 0 Å². The zero-order valence-corrected chi connectivity index (χ0v) is 34.4. The van der Waals surface area contributed by atoms with E-state index in [4.69, 9.17) is 4.74 Å². The highest BCUT2D eigenvalue weighted by Crippen LogP contribution is 2.62. The molecule has 13 rings (SSSR count). The monoisotopic (exact) mass is 807 g/mol. The fourth-order valence-electron chi connectivity index (χ4n) is 10.4. The van der Waals surface area contributed by atoms with Crippen LogP contribution >= 0.6 is 11.3 Å². The third-order valence-corrected chi connectivity index (χ3v) is 14.3. The predicted octanol–water partition coefficient (Wildman–Crippen LogP) is 16.5. The van der Waals surface area contributed by atoms with Crippen LogP contribution in [0.3, 0.4) is 0 Å². The molecule has 0 saturated carbocycles. The number of anilines is 3. The minimum absolute atomic E-state index is 0.532. The molecule has 0 bridgehead atoms. The van der Waals surface area contributed by atoms with Crippen molar-refractivity contribution < 1.29 is 4.74 Å². The number of thiophene rings is 1. The van der Waals surface area contributed by atoms with Crippen molar-refractivity contribution in [2.75, 3.05) is 4.90 Å². The fraction of sp³-hybridized carbons (Fsp3) is 0.0169. The van der Waals surface area contributed by atoms with E-state index >= 15 is 0 Å². The number of hydrogen-bond donors (Lipinski definition) is 0. The summed E-state index contributed by atoms with van der Waals surface area (Å²) < 4.78 is 9.25. The second kappa shape index (κ2) is 13.7. The molecule has 0 fully saturated rings. The van der Waals surface area contributed by atoms with E-state index in [0.717, 1.165) is 34.1 Å². The van der Waals surface area contributed by atoms with Crippen molar-refractivity contribution in [2.45, 2.75) is 5.41 Å². The first-order chi connectivity index (χ1) is 30.7. The Kier molecular flexibility index (Phi) is 7.72. The summed E-state index contributed by atoms with van der Waals surface area (Å²) in [5.74, 6) is 1.80. The van der Waals surface area contributed by atoms with Crippen LogP contribution in [0.1, 0.15) is 22.3 Å². The molecule has 0 N–H and O–H groups in total. The standard InChI is InChI=1S/C59H37NOS/c1-2-14-38(15-3-1)39-28-32-43(33-29-39)60(53-24-13-16-40-30-35-48-47-20-5-11-27-56(47)62-58(48)57(40)53)44-18-12-17-41(36-44)42-31-34-46-45-19-4-6-21-49(45)59(52(46)37-42)50-22-7-9-25-54(50)61-55-26-10-8-23-51(55)59/h1-37H. The number of nitrogens with zero attached hydrogens (tertiary/aromatic N) is 1. The SMILES string of the molecule is c1ccc(-c2ccc(N(c3cccc(-c4ccc5c(c4)C4(c6ccccc6Oc6ccccc64)c4ccccc4-5)c3)c3cccc4ccc5c6ccccc6sc5c34)cc2)cc1. The Labute approximate surface area is 364 Å². The van der Waals surface area contributed by atoms with Crippen molar-refractivity contribution in [3.63, 3.8) is 0 Å². The molecule has 3 heteroatoms. The van der Waals surface area contributed by atoms with Crippen LogP contribution in [0.4, 0.5) is 17.1 Å². The lowest BCUT2D eigenvalue weighted by molar-refractivity contribution is 0.436. The molecule has 0 atom stereocenters. The summed E-state index contributed by atoms with van der Waals surface area (Å²) >= 11 is 1.88. The van der Waals surface area contributed by atoms with Gasteiger partial charge >= 0.3 is 0 Å². The number of ether oxygens (including phenoxy) is 1. The van der Waals surface area contributed by atoms with Crippen molar-refractivity contribution >= 4 is 59.3 Å². The number of hydrogen-bond acceptors (Lipinski definition) is 3. The molecule has 1 aliphatic carbocycles. The van der Waals surface area contributed by atoms with Gasteiger partial charge in [-0.3, -0.25) is 0 Å². The lowest BCUT2D eigenvalue weighted by atomic mass is 9.66. The molecular weight excluding hydrogens is 771 g/mol. The maximum atomic E-state index is 6.64. The van der Waals surface area contributed by atoms with Crippen molar-refractivity contribution in [1.29, 1.82) is 0 Å². The first-order valence-corrected chi connectivity index (χ1v) is 22.1. The Morgan fingerprint density at radius 1 is 0.387 bits per heavy atom. The fourth-order valence-corrected chi connectivity index (χ4v) is 11.7. The van der Waals surface area contributed by atoms with Crippen LogP contribution in [0.5, 0.6) is 11.5 Å². The van der Waals surface area contributed by atoms with E-state index in [9.17, 15) is 0 Å². The van der Waals surface area contributed by atoms with Crippen molar-refractivity contribution in [1.82, 2.24) is 0 Å². The number of fused-ring (bicyclic) bond motifs is 14. The van der Waals surface area contributed by atoms with Gasteiger partial charge in [-0.2, -0.15) is 0 Å². The minimum Gasteiger partial charge on any atom is -0.457 e. The predicted molar refractivity (Wildman–Crippen MR) is 260 cm³/mol. The van der Waals surface area contributed by atoms with E-state index in [0.29, 0.717) is 0 Å². The molecular formula is C59H37NOS. The number of para-hydroxylation sites is 2. The van der Waals surface area contributed by atoms with Crippen molar-refractivity contribution in [3.05, 3.63) is 247 Å². The van der Waals surface area contributed by atoms with Crippen LogP contribution < -0.4 is 9.64 Å². The molecule has 1 aromatic heterocycles. The molecule has 2 nitrogen and oxygen atoms in total. The average molecular weight is 808 g/mol. The minimum atomic E-state index is -0.532. The summed E-state index contributed by atoms with van der Waals surface area (Å²) in [5, 5.41) is 5.08. The van der Waals surface area contributed by atoms with Gasteiger partial charge in [-0.05, 0) is 104 Å². The summed E-state index contributed by atoms with van der Waals surface area (Å²) in [6.07, 6.45) is 0. The van der Waals surface area contributed by atoms with Crippen LogP contribution in [0.2, 0.25) is 0 Å². The second-order valence-corrected chi connectivity index (χ2v) is 17.4. The summed E-state index contributed by atoms with van der Waals surface area (Å²) in [7, 11) is 0. The van der Waals surface area contributed by atoms with Gasteiger partial charge in [0.1, 0.15) is 11.5 Å². The van der Waals surface area contributed by atoms with Crippen LogP contribution in [0.15, 0.2) is 224 Å². The van der Waals surface area contributed by atoms with E-state index in [-0.39, 0.29) is 0 Å². The number of rotatable bonds is 5. The molecule has 62 heavy (non-hydrogen) atoms. The van der Waals surface area contributed by atoms with E-state index < -0.39 is 5.41 Å². The van der Waals surface area contributed by atoms with Gasteiger partial charge in [-0.1, -0.05) is 170 Å². The highest BCUT2D eigenvalue weighted by molar-refractivity contribution is 7.26. The molecule has 290 valence electrons. The van der Waals surface area contributed by atoms with E-state index in [1.54, 1.807) is 0 Å². The Morgan fingerprint density at radius 3 is 1.84 bits per heavy atom. The van der Waals surface area contributed by atoms with E-state index in [1.165, 1.54) is 81.0 Å². The molecule has 10 aromatic carbocycles. The summed E-state index contributed by atoms with van der Waals surface area (Å²) in [5.41, 5.74) is 15.0. The Morgan fingerprint density at radius 2 is 1.02 bits per heavy atom. The topological polar surface area (TPSA) is 12.5 Å². The third-order valence-electron chi connectivity index (χ3n) is 13.1. The third kappa shape index (κ3) is 5.09. The molecule has 11 aromatic rings. The summed E-state index contributed by atoms with van der Waals surface area (Å²) in [6.45, 7) is 0. The van der Waals surface area contributed by atoms with Gasteiger partial charge in [0.25, 0.3) is 0 Å². The molecule has 2 heterocycles. The van der Waals surface area contributed by atoms with E-state index in [1.807, 2.05) is 11.3 Å². The Bertz CT molecular complexity index is 3520. The molecule has 0 radical (unpaired) electrons. The van der Waals surface area contributed by atoms with Crippen LogP contribution in [0.25, 0.3) is 64.3 Å². The maximum Gasteiger partial charge on any atom is 0.132 e. The molecule has 2 aliphatic rings. The normalized spacial score (nSPS) is 13.1. The smallest absolute Gasteiger partial charge is 0.132 e. The highest BCUT2D eigenvalue weighted by Gasteiger charge is 2.51. The van der Waals surface area contributed by atoms with Gasteiger partial charge in [-0.25, -0.2) is 0 Å². The molecule has 0 amide bonds. The lowest BCUT2D eigenvalue weighted by Gasteiger charge is -2.39. The summed E-state index contributed by atoms with van der Waals surface area (Å²) in [6, 6.07) is 82.1. The highest BCUT2D eigenvalue weighted by atomic mass is 32.1. The molecule has 1 spiro atoms. The molecule has 1 aliphatic heterocycles. The quantitative estimate of drug-likeness (QED) is 0.172. The van der Waals surface area contributed by atoms with Gasteiger partial charge in [0.2, 0.25) is 0 Å². The van der Waals surface area contributed by atoms with Crippen molar-refractivity contribution in [3.8, 4) is 44.9 Å². The van der Waals surface area contributed by atoms with Crippen LogP contribution in [0, 0.1) is 0 Å². The van der Waals surface area contributed by atoms with Gasteiger partial charge < -0.3 is 9.64 Å². The number of benzene rings is 10.